The zero-order valence-corrected chi connectivity index (χ0v) is 10.8. The third-order valence-electron chi connectivity index (χ3n) is 3.39. The number of anilines is 1. The van der Waals surface area contributed by atoms with Gasteiger partial charge in [0.25, 0.3) is 0 Å². The van der Waals surface area contributed by atoms with Crippen molar-refractivity contribution in [2.24, 2.45) is 0 Å². The van der Waals surface area contributed by atoms with Gasteiger partial charge in [-0.2, -0.15) is 5.26 Å². The highest BCUT2D eigenvalue weighted by molar-refractivity contribution is 5.59. The van der Waals surface area contributed by atoms with Gasteiger partial charge in [-0.25, -0.2) is 4.39 Å². The molecule has 0 bridgehead atoms. The van der Waals surface area contributed by atoms with Gasteiger partial charge in [-0.15, -0.1) is 0 Å². The minimum atomic E-state index is -0.414. The molecule has 19 heavy (non-hydrogen) atoms. The molecule has 0 amide bonds. The van der Waals surface area contributed by atoms with Gasteiger partial charge in [-0.1, -0.05) is 0 Å². The minimum Gasteiger partial charge on any atom is -0.395 e. The van der Waals surface area contributed by atoms with E-state index in [1.807, 2.05) is 11.0 Å². The fraction of sp³-hybridized carbons (Fsp3) is 0.500. The lowest BCUT2D eigenvalue weighted by Crippen LogP contribution is -2.39. The van der Waals surface area contributed by atoms with Gasteiger partial charge in [0.15, 0.2) is 0 Å². The Hall–Kier alpha value is -1.64. The molecule has 0 spiro atoms. The maximum Gasteiger partial charge on any atom is 0.124 e. The van der Waals surface area contributed by atoms with Crippen LogP contribution in [0.25, 0.3) is 0 Å². The molecule has 1 fully saturated rings. The molecule has 1 aromatic carbocycles. The third-order valence-corrected chi connectivity index (χ3v) is 3.39. The summed E-state index contributed by atoms with van der Waals surface area (Å²) in [6, 6.07) is 6.58. The number of halogens is 1. The predicted molar refractivity (Wildman–Crippen MR) is 71.4 cm³/mol. The summed E-state index contributed by atoms with van der Waals surface area (Å²) in [5.41, 5.74) is 0.998. The topological polar surface area (TPSA) is 59.3 Å². The Labute approximate surface area is 112 Å². The maximum absolute atomic E-state index is 13.2. The molecule has 1 unspecified atom stereocenters. The van der Waals surface area contributed by atoms with Gasteiger partial charge in [0.1, 0.15) is 11.9 Å². The number of aliphatic hydroxyl groups is 1. The summed E-state index contributed by atoms with van der Waals surface area (Å²) in [7, 11) is 0. The Morgan fingerprint density at radius 1 is 1.53 bits per heavy atom. The second kappa shape index (κ2) is 6.50. The molecular formula is C14H18FN3O. The minimum absolute atomic E-state index is 0.00889. The Balaban J connectivity index is 2.20. The summed E-state index contributed by atoms with van der Waals surface area (Å²) in [5, 5.41) is 21.7. The van der Waals surface area contributed by atoms with E-state index in [9.17, 15) is 9.50 Å². The predicted octanol–water partition coefficient (Wildman–Crippen LogP) is 1.25. The second-order valence-electron chi connectivity index (χ2n) is 4.74. The average molecular weight is 263 g/mol. The van der Waals surface area contributed by atoms with Gasteiger partial charge in [0, 0.05) is 19.1 Å². The molecule has 1 atom stereocenters. The fourth-order valence-electron chi connectivity index (χ4n) is 2.48. The number of aliphatic hydroxyl groups excluding tert-OH is 1. The number of hydrogen-bond acceptors (Lipinski definition) is 4. The Morgan fingerprint density at radius 2 is 2.37 bits per heavy atom. The van der Waals surface area contributed by atoms with E-state index in [2.05, 4.69) is 5.32 Å². The van der Waals surface area contributed by atoms with Crippen LogP contribution in [0.3, 0.4) is 0 Å². The molecule has 2 rings (SSSR count). The molecule has 1 aliphatic rings. The van der Waals surface area contributed by atoms with Crippen molar-refractivity contribution in [3.05, 3.63) is 29.6 Å². The summed E-state index contributed by atoms with van der Waals surface area (Å²) in [5.74, 6) is -0.414. The van der Waals surface area contributed by atoms with Crippen LogP contribution in [0.4, 0.5) is 10.1 Å². The summed E-state index contributed by atoms with van der Waals surface area (Å²) in [6.45, 7) is 2.18. The lowest BCUT2D eigenvalue weighted by atomic mass is 10.1. The normalized spacial score (nSPS) is 18.3. The first-order valence-electron chi connectivity index (χ1n) is 6.53. The van der Waals surface area contributed by atoms with Crippen molar-refractivity contribution < 1.29 is 9.50 Å². The zero-order valence-electron chi connectivity index (χ0n) is 10.8. The quantitative estimate of drug-likeness (QED) is 0.839. The van der Waals surface area contributed by atoms with Gasteiger partial charge < -0.3 is 15.3 Å². The van der Waals surface area contributed by atoms with Crippen LogP contribution in [0.5, 0.6) is 0 Å². The first-order valence-corrected chi connectivity index (χ1v) is 6.53. The summed E-state index contributed by atoms with van der Waals surface area (Å²) < 4.78 is 13.2. The van der Waals surface area contributed by atoms with Crippen LogP contribution >= 0.6 is 0 Å². The molecule has 0 saturated carbocycles. The van der Waals surface area contributed by atoms with Crippen molar-refractivity contribution in [2.45, 2.75) is 18.9 Å². The monoisotopic (exact) mass is 263 g/mol. The number of benzene rings is 1. The summed E-state index contributed by atoms with van der Waals surface area (Å²) in [4.78, 5) is 1.95. The van der Waals surface area contributed by atoms with Gasteiger partial charge in [-0.3, -0.25) is 0 Å². The highest BCUT2D eigenvalue weighted by Gasteiger charge is 2.19. The molecular weight excluding hydrogens is 245 g/mol. The van der Waals surface area contributed by atoms with Gasteiger partial charge in [0.05, 0.1) is 17.9 Å². The van der Waals surface area contributed by atoms with Crippen LogP contribution in [-0.4, -0.2) is 37.4 Å². The lowest BCUT2D eigenvalue weighted by molar-refractivity contribution is 0.300. The molecule has 1 saturated heterocycles. The second-order valence-corrected chi connectivity index (χ2v) is 4.74. The molecule has 1 heterocycles. The van der Waals surface area contributed by atoms with E-state index in [-0.39, 0.29) is 6.61 Å². The molecule has 0 aliphatic carbocycles. The van der Waals surface area contributed by atoms with Crippen LogP contribution in [0.1, 0.15) is 18.4 Å². The Bertz CT molecular complexity index is 466. The van der Waals surface area contributed by atoms with Crippen molar-refractivity contribution in [3.8, 4) is 6.07 Å². The van der Waals surface area contributed by atoms with E-state index < -0.39 is 5.82 Å². The van der Waals surface area contributed by atoms with Crippen LogP contribution in [0, 0.1) is 17.1 Å². The number of hydrogen-bond donors (Lipinski definition) is 2. The van der Waals surface area contributed by atoms with Crippen molar-refractivity contribution in [1.82, 2.24) is 5.32 Å². The van der Waals surface area contributed by atoms with E-state index in [4.69, 9.17) is 5.26 Å². The van der Waals surface area contributed by atoms with Crippen LogP contribution < -0.4 is 10.2 Å². The molecule has 1 aliphatic heterocycles. The standard InChI is InChI=1S/C14H18FN3O/c15-12-3-4-14(11(8-12)9-16)18(6-7-19)10-13-2-1-5-17-13/h3-4,8,13,17,19H,1-2,5-7,10H2. The van der Waals surface area contributed by atoms with Gasteiger partial charge >= 0.3 is 0 Å². The van der Waals surface area contributed by atoms with Crippen molar-refractivity contribution in [3.63, 3.8) is 0 Å². The van der Waals surface area contributed by atoms with Crippen LogP contribution in [0.2, 0.25) is 0 Å². The lowest BCUT2D eigenvalue weighted by Gasteiger charge is -2.28. The summed E-state index contributed by atoms with van der Waals surface area (Å²) in [6.07, 6.45) is 2.23. The molecule has 2 N–H and O–H groups in total. The van der Waals surface area contributed by atoms with Gasteiger partial charge in [-0.05, 0) is 37.6 Å². The largest absolute Gasteiger partial charge is 0.395 e. The fourth-order valence-corrected chi connectivity index (χ4v) is 2.48. The SMILES string of the molecule is N#Cc1cc(F)ccc1N(CCO)CC1CCCN1. The van der Waals surface area contributed by atoms with E-state index in [1.54, 1.807) is 6.07 Å². The highest BCUT2D eigenvalue weighted by atomic mass is 19.1. The van der Waals surface area contributed by atoms with Crippen molar-refractivity contribution in [2.75, 3.05) is 31.1 Å². The molecule has 1 aromatic rings. The van der Waals surface area contributed by atoms with E-state index in [0.29, 0.717) is 23.8 Å². The van der Waals surface area contributed by atoms with Crippen LogP contribution in [0.15, 0.2) is 18.2 Å². The van der Waals surface area contributed by atoms with Crippen molar-refractivity contribution in [1.29, 1.82) is 5.26 Å². The Morgan fingerprint density at radius 3 is 3.00 bits per heavy atom. The number of nitriles is 1. The van der Waals surface area contributed by atoms with E-state index in [1.165, 1.54) is 12.1 Å². The number of nitrogens with one attached hydrogen (secondary N) is 1. The average Bonchev–Trinajstić information content (AvgIpc) is 2.91. The smallest absolute Gasteiger partial charge is 0.124 e. The number of nitrogens with zero attached hydrogens (tertiary/aromatic N) is 2. The van der Waals surface area contributed by atoms with Crippen LogP contribution in [-0.2, 0) is 0 Å². The maximum atomic E-state index is 13.2. The van der Waals surface area contributed by atoms with Gasteiger partial charge in [0.2, 0.25) is 0 Å². The van der Waals surface area contributed by atoms with E-state index in [0.717, 1.165) is 25.9 Å². The molecule has 0 aromatic heterocycles. The zero-order chi connectivity index (χ0) is 13.7. The highest BCUT2D eigenvalue weighted by Crippen LogP contribution is 2.22. The first kappa shape index (κ1) is 13.8. The molecule has 5 heteroatoms. The Kier molecular flexibility index (Phi) is 4.72. The molecule has 0 radical (unpaired) electrons. The number of rotatable bonds is 5. The molecule has 102 valence electrons. The first-order chi connectivity index (χ1) is 9.24. The summed E-state index contributed by atoms with van der Waals surface area (Å²) >= 11 is 0. The molecule has 4 nitrogen and oxygen atoms in total. The third kappa shape index (κ3) is 3.43. The van der Waals surface area contributed by atoms with E-state index >= 15 is 0 Å². The van der Waals surface area contributed by atoms with Crippen molar-refractivity contribution >= 4 is 5.69 Å².